The molecule has 48 heavy (non-hydrogen) atoms. The van der Waals surface area contributed by atoms with Gasteiger partial charge >= 0.3 is 0 Å². The smallest absolute Gasteiger partial charge is 0.0514 e. The van der Waals surface area contributed by atoms with Crippen LogP contribution in [0.15, 0.2) is 114 Å². The molecule has 0 N–H and O–H groups in total. The third kappa shape index (κ3) is 4.21. The predicted molar refractivity (Wildman–Crippen MR) is 205 cm³/mol. The summed E-state index contributed by atoms with van der Waals surface area (Å²) in [5.41, 5.74) is 17.4. The Hall–Kier alpha value is -4.40. The van der Waals surface area contributed by atoms with Gasteiger partial charge in [0.05, 0.1) is 6.04 Å². The first-order valence-electron chi connectivity index (χ1n) is 18.0. The summed E-state index contributed by atoms with van der Waals surface area (Å²) in [6, 6.07) is 30.6. The molecule has 0 saturated heterocycles. The molecule has 1 aromatic heterocycles. The van der Waals surface area contributed by atoms with Gasteiger partial charge in [-0.05, 0) is 123 Å². The van der Waals surface area contributed by atoms with E-state index in [0.717, 1.165) is 12.8 Å². The van der Waals surface area contributed by atoms with Crippen molar-refractivity contribution in [3.8, 4) is 22.3 Å². The molecule has 236 valence electrons. The molecule has 1 aliphatic heterocycles. The van der Waals surface area contributed by atoms with E-state index in [0.29, 0.717) is 6.04 Å². The highest BCUT2D eigenvalue weighted by Crippen LogP contribution is 2.50. The third-order valence-corrected chi connectivity index (χ3v) is 13.2. The minimum atomic E-state index is -0.0347. The van der Waals surface area contributed by atoms with Gasteiger partial charge < -0.3 is 4.90 Å². The fourth-order valence-electron chi connectivity index (χ4n) is 9.59. The van der Waals surface area contributed by atoms with E-state index in [1.54, 1.807) is 22.4 Å². The Labute approximate surface area is 288 Å². The van der Waals surface area contributed by atoms with Crippen molar-refractivity contribution in [2.24, 2.45) is 0 Å². The van der Waals surface area contributed by atoms with E-state index in [1.807, 2.05) is 11.3 Å². The standard InChI is InChI=1S/C46H41NS/c1-46(2)40-16-5-4-12-35(40)37-25-24-33(36-14-8-17-41(46)44(36)37)29-19-21-30(22-20-29)34-13-7-15-38-39-28-32(23-26-43(39)48-45(34)38)47-27-9-11-31-10-3-6-18-42(31)47/h3-5,8,10,12-14,16-17,19-26,32H,6-7,9,11,15,18,27-28H2,1-2H3. The Morgan fingerprint density at radius 3 is 2.48 bits per heavy atom. The molecule has 4 aliphatic carbocycles. The fraction of sp³-hybridized carbons (Fsp3) is 0.261. The molecule has 1 atom stereocenters. The van der Waals surface area contributed by atoms with E-state index in [4.69, 9.17) is 0 Å². The molecule has 5 aliphatic rings. The van der Waals surface area contributed by atoms with Crippen molar-refractivity contribution in [2.75, 3.05) is 6.54 Å². The summed E-state index contributed by atoms with van der Waals surface area (Å²) in [5.74, 6) is 0. The van der Waals surface area contributed by atoms with Crippen LogP contribution in [0.3, 0.4) is 0 Å². The van der Waals surface area contributed by atoms with E-state index < -0.39 is 0 Å². The lowest BCUT2D eigenvalue weighted by atomic mass is 9.68. The topological polar surface area (TPSA) is 3.24 Å². The maximum atomic E-state index is 2.76. The van der Waals surface area contributed by atoms with Crippen LogP contribution in [-0.2, 0) is 18.3 Å². The Morgan fingerprint density at radius 2 is 1.56 bits per heavy atom. The van der Waals surface area contributed by atoms with Gasteiger partial charge in [-0.25, -0.2) is 0 Å². The maximum Gasteiger partial charge on any atom is 0.0514 e. The fourth-order valence-corrected chi connectivity index (χ4v) is 10.9. The normalized spacial score (nSPS) is 20.2. The van der Waals surface area contributed by atoms with Crippen molar-refractivity contribution in [2.45, 2.75) is 70.3 Å². The maximum absolute atomic E-state index is 2.76. The molecule has 2 heterocycles. The molecule has 0 fully saturated rings. The molecule has 0 bridgehead atoms. The summed E-state index contributed by atoms with van der Waals surface area (Å²) >= 11 is 2.02. The van der Waals surface area contributed by atoms with Gasteiger partial charge in [0.1, 0.15) is 0 Å². The lowest BCUT2D eigenvalue weighted by molar-refractivity contribution is 0.258. The number of rotatable bonds is 3. The zero-order valence-corrected chi connectivity index (χ0v) is 28.8. The molecule has 1 nitrogen and oxygen atoms in total. The van der Waals surface area contributed by atoms with Crippen molar-refractivity contribution in [3.05, 3.63) is 152 Å². The second-order valence-electron chi connectivity index (χ2n) is 14.9. The lowest BCUT2D eigenvalue weighted by Gasteiger charge is -2.40. The van der Waals surface area contributed by atoms with Crippen LogP contribution >= 0.6 is 11.3 Å². The van der Waals surface area contributed by atoms with Crippen LogP contribution in [0.2, 0.25) is 0 Å². The molecule has 4 aromatic carbocycles. The first-order chi connectivity index (χ1) is 23.6. The Balaban J connectivity index is 0.981. The molecule has 1 unspecified atom stereocenters. The molecule has 0 radical (unpaired) electrons. The third-order valence-electron chi connectivity index (χ3n) is 12.0. The van der Waals surface area contributed by atoms with E-state index in [-0.39, 0.29) is 5.41 Å². The first kappa shape index (κ1) is 28.6. The summed E-state index contributed by atoms with van der Waals surface area (Å²) in [6.45, 7) is 5.96. The summed E-state index contributed by atoms with van der Waals surface area (Å²) in [6.07, 6.45) is 20.6. The van der Waals surface area contributed by atoms with Crippen LogP contribution in [0, 0.1) is 0 Å². The van der Waals surface area contributed by atoms with Crippen LogP contribution in [0.5, 0.6) is 0 Å². The Bertz CT molecular complexity index is 2270. The van der Waals surface area contributed by atoms with Gasteiger partial charge in [0, 0.05) is 27.4 Å². The van der Waals surface area contributed by atoms with E-state index in [1.165, 1.54) is 104 Å². The van der Waals surface area contributed by atoms with Crippen molar-refractivity contribution >= 4 is 33.8 Å². The summed E-state index contributed by atoms with van der Waals surface area (Å²) in [4.78, 5) is 5.75. The van der Waals surface area contributed by atoms with Crippen molar-refractivity contribution in [1.82, 2.24) is 4.90 Å². The zero-order chi connectivity index (χ0) is 32.0. The summed E-state index contributed by atoms with van der Waals surface area (Å²) in [7, 11) is 0. The van der Waals surface area contributed by atoms with Crippen LogP contribution < -0.4 is 0 Å². The SMILES string of the molecule is CC1(C)c2ccccc2-c2ccc(-c3ccc(C4=CCCc5c4sc4c5CC(N5CCCC6=C5CCC=C6)C=C4)cc3)c3cccc1c23. The second-order valence-corrected chi connectivity index (χ2v) is 15.9. The largest absolute Gasteiger partial charge is 0.368 e. The number of benzene rings is 4. The van der Waals surface area contributed by atoms with Gasteiger partial charge in [0.25, 0.3) is 0 Å². The van der Waals surface area contributed by atoms with E-state index >= 15 is 0 Å². The number of hydrogen-bond donors (Lipinski definition) is 0. The first-order valence-corrected chi connectivity index (χ1v) is 18.8. The molecule has 10 rings (SSSR count). The summed E-state index contributed by atoms with van der Waals surface area (Å²) < 4.78 is 0. The highest BCUT2D eigenvalue weighted by molar-refractivity contribution is 7.14. The van der Waals surface area contributed by atoms with E-state index in [2.05, 4.69) is 128 Å². The highest BCUT2D eigenvalue weighted by Gasteiger charge is 2.34. The minimum absolute atomic E-state index is 0.0347. The van der Waals surface area contributed by atoms with Crippen LogP contribution in [0.4, 0.5) is 0 Å². The number of hydrogen-bond acceptors (Lipinski definition) is 2. The molecule has 0 spiro atoms. The monoisotopic (exact) mass is 639 g/mol. The molecular formula is C46H41NS. The number of nitrogens with zero attached hydrogens (tertiary/aromatic N) is 1. The predicted octanol–water partition coefficient (Wildman–Crippen LogP) is 11.9. The quantitative estimate of drug-likeness (QED) is 0.190. The summed E-state index contributed by atoms with van der Waals surface area (Å²) in [5, 5.41) is 2.77. The lowest BCUT2D eigenvalue weighted by Crippen LogP contribution is -2.39. The van der Waals surface area contributed by atoms with Gasteiger partial charge in [0.15, 0.2) is 0 Å². The van der Waals surface area contributed by atoms with E-state index in [9.17, 15) is 0 Å². The van der Waals surface area contributed by atoms with Crippen molar-refractivity contribution in [1.29, 1.82) is 0 Å². The zero-order valence-electron chi connectivity index (χ0n) is 28.0. The minimum Gasteiger partial charge on any atom is -0.368 e. The average Bonchev–Trinajstić information content (AvgIpc) is 3.52. The molecule has 0 amide bonds. The number of thiophene rings is 1. The Kier molecular flexibility index (Phi) is 6.44. The Morgan fingerprint density at radius 1 is 0.729 bits per heavy atom. The van der Waals surface area contributed by atoms with Crippen molar-refractivity contribution < 1.29 is 0 Å². The van der Waals surface area contributed by atoms with Crippen LogP contribution in [0.1, 0.15) is 83.5 Å². The van der Waals surface area contributed by atoms with Crippen molar-refractivity contribution in [3.63, 3.8) is 0 Å². The average molecular weight is 640 g/mol. The van der Waals surface area contributed by atoms with Gasteiger partial charge in [-0.3, -0.25) is 0 Å². The molecular weight excluding hydrogens is 599 g/mol. The van der Waals surface area contributed by atoms with Crippen LogP contribution in [-0.4, -0.2) is 17.5 Å². The van der Waals surface area contributed by atoms with Gasteiger partial charge in [-0.1, -0.05) is 117 Å². The number of fused-ring (bicyclic) bond motifs is 5. The highest BCUT2D eigenvalue weighted by atomic mass is 32.1. The second kappa shape index (κ2) is 10.8. The molecule has 5 aromatic rings. The number of allylic oxidation sites excluding steroid dienone is 5. The van der Waals surface area contributed by atoms with Crippen LogP contribution in [0.25, 0.3) is 44.7 Å². The molecule has 2 heteroatoms. The van der Waals surface area contributed by atoms with Gasteiger partial charge in [-0.15, -0.1) is 11.3 Å². The molecule has 0 saturated carbocycles. The van der Waals surface area contributed by atoms with Gasteiger partial charge in [0.2, 0.25) is 0 Å². The van der Waals surface area contributed by atoms with Gasteiger partial charge in [-0.2, -0.15) is 0 Å².